The van der Waals surface area contributed by atoms with E-state index in [1.165, 1.54) is 19.2 Å². The van der Waals surface area contributed by atoms with Gasteiger partial charge in [0.2, 0.25) is 0 Å². The number of aryl methyl sites for hydroxylation is 1. The van der Waals surface area contributed by atoms with Gasteiger partial charge in [0, 0.05) is 23.1 Å². The van der Waals surface area contributed by atoms with Crippen LogP contribution >= 0.6 is 0 Å². The van der Waals surface area contributed by atoms with Crippen molar-refractivity contribution >= 4 is 16.8 Å². The predicted octanol–water partition coefficient (Wildman–Crippen LogP) is 3.60. The molecule has 0 saturated carbocycles. The normalized spacial score (nSPS) is 10.8. The molecule has 4 nitrogen and oxygen atoms in total. The number of methoxy groups -OCH3 is 1. The number of hydrogen-bond acceptors (Lipinski definition) is 2. The molecule has 0 radical (unpaired) electrons. The Morgan fingerprint density at radius 2 is 2.00 bits per heavy atom. The molecule has 5 heteroatoms. The third-order valence-electron chi connectivity index (χ3n) is 4.12. The number of fused-ring (bicyclic) bond motifs is 1. The van der Waals surface area contributed by atoms with Gasteiger partial charge in [-0.3, -0.25) is 4.79 Å². The zero-order valence-electron chi connectivity index (χ0n) is 13.7. The van der Waals surface area contributed by atoms with Crippen LogP contribution in [0, 0.1) is 12.7 Å². The van der Waals surface area contributed by atoms with Gasteiger partial charge in [-0.05, 0) is 37.1 Å². The predicted molar refractivity (Wildman–Crippen MR) is 92.0 cm³/mol. The Morgan fingerprint density at radius 3 is 2.79 bits per heavy atom. The van der Waals surface area contributed by atoms with Crippen LogP contribution in [-0.2, 0) is 6.42 Å². The number of halogens is 1. The zero-order valence-corrected chi connectivity index (χ0v) is 13.7. The van der Waals surface area contributed by atoms with Crippen molar-refractivity contribution in [2.75, 3.05) is 13.7 Å². The molecule has 1 heterocycles. The number of para-hydroxylation sites is 1. The first-order valence-corrected chi connectivity index (χ1v) is 7.78. The van der Waals surface area contributed by atoms with E-state index in [2.05, 4.69) is 16.4 Å². The van der Waals surface area contributed by atoms with Crippen LogP contribution in [0.25, 0.3) is 10.9 Å². The maximum absolute atomic E-state index is 14.1. The molecule has 0 aliphatic carbocycles. The number of aromatic nitrogens is 1. The van der Waals surface area contributed by atoms with Gasteiger partial charge in [0.05, 0.1) is 12.7 Å². The number of aromatic amines is 1. The number of nitrogens with one attached hydrogen (secondary N) is 2. The molecule has 24 heavy (non-hydrogen) atoms. The average molecular weight is 326 g/mol. The van der Waals surface area contributed by atoms with Crippen molar-refractivity contribution in [3.63, 3.8) is 0 Å². The first-order valence-electron chi connectivity index (χ1n) is 7.78. The van der Waals surface area contributed by atoms with Crippen molar-refractivity contribution in [2.24, 2.45) is 0 Å². The van der Waals surface area contributed by atoms with Gasteiger partial charge >= 0.3 is 0 Å². The molecule has 0 atom stereocenters. The highest BCUT2D eigenvalue weighted by atomic mass is 19.1. The summed E-state index contributed by atoms with van der Waals surface area (Å²) in [5.41, 5.74) is 3.31. The summed E-state index contributed by atoms with van der Waals surface area (Å²) in [6, 6.07) is 12.6. The molecule has 0 fully saturated rings. The highest BCUT2D eigenvalue weighted by Crippen LogP contribution is 2.22. The molecule has 2 N–H and O–H groups in total. The number of amides is 1. The summed E-state index contributed by atoms with van der Waals surface area (Å²) in [5, 5.41) is 3.92. The van der Waals surface area contributed by atoms with Crippen molar-refractivity contribution in [1.82, 2.24) is 10.3 Å². The minimum absolute atomic E-state index is 0.00926. The standard InChI is InChI=1S/C19H19FN2O2/c1-12-13(14-6-3-4-8-16(14)22-12)10-11-21-19(23)15-7-5-9-17(24-2)18(15)20/h3-9,22H,10-11H2,1-2H3,(H,21,23). The summed E-state index contributed by atoms with van der Waals surface area (Å²) < 4.78 is 19.0. The molecule has 0 unspecified atom stereocenters. The van der Waals surface area contributed by atoms with Crippen LogP contribution in [0.5, 0.6) is 5.75 Å². The second kappa shape index (κ2) is 6.74. The van der Waals surface area contributed by atoms with Crippen molar-refractivity contribution < 1.29 is 13.9 Å². The third kappa shape index (κ3) is 2.97. The van der Waals surface area contributed by atoms with Crippen LogP contribution < -0.4 is 10.1 Å². The van der Waals surface area contributed by atoms with Crippen LogP contribution in [0.2, 0.25) is 0 Å². The fourth-order valence-corrected chi connectivity index (χ4v) is 2.90. The lowest BCUT2D eigenvalue weighted by molar-refractivity contribution is 0.0949. The van der Waals surface area contributed by atoms with Gasteiger partial charge in [-0.25, -0.2) is 4.39 Å². The highest BCUT2D eigenvalue weighted by molar-refractivity contribution is 5.95. The molecular weight excluding hydrogens is 307 g/mol. The molecule has 1 amide bonds. The Hall–Kier alpha value is -2.82. The number of hydrogen-bond donors (Lipinski definition) is 2. The van der Waals surface area contributed by atoms with E-state index >= 15 is 0 Å². The lowest BCUT2D eigenvalue weighted by atomic mass is 10.1. The molecule has 0 aliphatic rings. The van der Waals surface area contributed by atoms with Crippen LogP contribution in [-0.4, -0.2) is 24.5 Å². The molecule has 124 valence electrons. The van der Waals surface area contributed by atoms with Gasteiger partial charge in [0.15, 0.2) is 11.6 Å². The zero-order chi connectivity index (χ0) is 17.1. The van der Waals surface area contributed by atoms with Crippen LogP contribution in [0.15, 0.2) is 42.5 Å². The molecule has 0 saturated heterocycles. The Morgan fingerprint density at radius 1 is 1.21 bits per heavy atom. The highest BCUT2D eigenvalue weighted by Gasteiger charge is 2.15. The maximum atomic E-state index is 14.1. The Balaban J connectivity index is 1.70. The van der Waals surface area contributed by atoms with E-state index < -0.39 is 11.7 Å². The number of carbonyl (C=O) groups is 1. The molecule has 0 aliphatic heterocycles. The Kier molecular flexibility index (Phi) is 4.51. The Labute approximate surface area is 139 Å². The van der Waals surface area contributed by atoms with Crippen molar-refractivity contribution in [3.8, 4) is 5.75 Å². The lowest BCUT2D eigenvalue weighted by Gasteiger charge is -2.08. The minimum atomic E-state index is -0.638. The summed E-state index contributed by atoms with van der Waals surface area (Å²) in [7, 11) is 1.37. The fourth-order valence-electron chi connectivity index (χ4n) is 2.90. The molecule has 3 aromatic rings. The van der Waals surface area contributed by atoms with Gasteiger partial charge in [-0.1, -0.05) is 24.3 Å². The smallest absolute Gasteiger partial charge is 0.254 e. The third-order valence-corrected chi connectivity index (χ3v) is 4.12. The van der Waals surface area contributed by atoms with Crippen LogP contribution in [0.4, 0.5) is 4.39 Å². The summed E-state index contributed by atoms with van der Waals surface area (Å²) >= 11 is 0. The van der Waals surface area contributed by atoms with Gasteiger partial charge < -0.3 is 15.0 Å². The van der Waals surface area contributed by atoms with Crippen molar-refractivity contribution in [2.45, 2.75) is 13.3 Å². The second-order valence-corrected chi connectivity index (χ2v) is 5.60. The number of H-pyrrole nitrogens is 1. The average Bonchev–Trinajstić information content (AvgIpc) is 2.90. The minimum Gasteiger partial charge on any atom is -0.494 e. The largest absolute Gasteiger partial charge is 0.494 e. The second-order valence-electron chi connectivity index (χ2n) is 5.60. The van der Waals surface area contributed by atoms with E-state index in [0.717, 1.165) is 22.2 Å². The van der Waals surface area contributed by atoms with E-state index in [1.807, 2.05) is 25.1 Å². The van der Waals surface area contributed by atoms with E-state index in [9.17, 15) is 9.18 Å². The van der Waals surface area contributed by atoms with Gasteiger partial charge in [0.25, 0.3) is 5.91 Å². The quantitative estimate of drug-likeness (QED) is 0.753. The summed E-state index contributed by atoms with van der Waals surface area (Å²) in [4.78, 5) is 15.5. The monoisotopic (exact) mass is 326 g/mol. The van der Waals surface area contributed by atoms with Gasteiger partial charge in [0.1, 0.15) is 0 Å². The molecule has 2 aromatic carbocycles. The first kappa shape index (κ1) is 16.1. The summed E-state index contributed by atoms with van der Waals surface area (Å²) in [6.07, 6.45) is 0.674. The molecule has 0 bridgehead atoms. The van der Waals surface area contributed by atoms with E-state index in [4.69, 9.17) is 4.74 Å². The molecule has 3 rings (SSSR count). The molecular formula is C19H19FN2O2. The van der Waals surface area contributed by atoms with E-state index in [0.29, 0.717) is 13.0 Å². The Bertz CT molecular complexity index is 886. The van der Waals surface area contributed by atoms with Crippen molar-refractivity contribution in [1.29, 1.82) is 0 Å². The number of benzene rings is 2. The summed E-state index contributed by atoms with van der Waals surface area (Å²) in [6.45, 7) is 2.44. The van der Waals surface area contributed by atoms with Crippen LogP contribution in [0.1, 0.15) is 21.6 Å². The SMILES string of the molecule is COc1cccc(C(=O)NCCc2c(C)[nH]c3ccccc23)c1F. The van der Waals surface area contributed by atoms with Crippen molar-refractivity contribution in [3.05, 3.63) is 65.1 Å². The molecule has 1 aromatic heterocycles. The van der Waals surface area contributed by atoms with Gasteiger partial charge in [-0.15, -0.1) is 0 Å². The van der Waals surface area contributed by atoms with Gasteiger partial charge in [-0.2, -0.15) is 0 Å². The van der Waals surface area contributed by atoms with Crippen LogP contribution in [0.3, 0.4) is 0 Å². The number of carbonyl (C=O) groups excluding carboxylic acids is 1. The number of rotatable bonds is 5. The molecule has 0 spiro atoms. The number of ether oxygens (including phenoxy) is 1. The fraction of sp³-hybridized carbons (Fsp3) is 0.211. The lowest BCUT2D eigenvalue weighted by Crippen LogP contribution is -2.26. The first-order chi connectivity index (χ1) is 11.6. The van der Waals surface area contributed by atoms with E-state index in [-0.39, 0.29) is 11.3 Å². The van der Waals surface area contributed by atoms with E-state index in [1.54, 1.807) is 6.07 Å². The summed E-state index contributed by atoms with van der Waals surface area (Å²) in [5.74, 6) is -1.01. The topological polar surface area (TPSA) is 54.1 Å². The maximum Gasteiger partial charge on any atom is 0.254 e.